The van der Waals surface area contributed by atoms with Gasteiger partial charge in [0.2, 0.25) is 5.91 Å². The van der Waals surface area contributed by atoms with Crippen molar-refractivity contribution in [2.45, 2.75) is 70.8 Å². The molecule has 0 N–H and O–H groups in total. The molecule has 0 saturated carbocycles. The van der Waals surface area contributed by atoms with E-state index in [1.165, 1.54) is 4.90 Å². The Balaban J connectivity index is 1.95. The number of carbonyl (C=O) groups excluding carboxylic acids is 2. The molecule has 1 aliphatic rings. The van der Waals surface area contributed by atoms with Gasteiger partial charge < -0.3 is 9.16 Å². The van der Waals surface area contributed by atoms with Crippen LogP contribution in [-0.2, 0) is 26.0 Å². The molecule has 2 aromatic carbocycles. The summed E-state index contributed by atoms with van der Waals surface area (Å²) in [6.45, 7) is 15.0. The number of hydrogen-bond acceptors (Lipinski definition) is 4. The zero-order chi connectivity index (χ0) is 24.4. The molecule has 1 saturated heterocycles. The van der Waals surface area contributed by atoms with Crippen LogP contribution in [0.2, 0.25) is 18.1 Å². The van der Waals surface area contributed by atoms with Crippen molar-refractivity contribution < 1.29 is 18.8 Å². The first-order chi connectivity index (χ1) is 15.4. The molecular formula is C27H37NO4Si. The average molecular weight is 468 g/mol. The number of cyclic esters (lactones) is 1. The summed E-state index contributed by atoms with van der Waals surface area (Å²) in [6, 6.07) is 19.4. The predicted molar refractivity (Wildman–Crippen MR) is 133 cm³/mol. The highest BCUT2D eigenvalue weighted by atomic mass is 28.4. The van der Waals surface area contributed by atoms with Crippen LogP contribution in [0.15, 0.2) is 60.7 Å². The minimum atomic E-state index is -2.25. The number of nitrogens with zero attached hydrogens (tertiary/aromatic N) is 1. The summed E-state index contributed by atoms with van der Waals surface area (Å²) in [5.41, 5.74) is 1.11. The largest absolute Gasteiger partial charge is 0.447 e. The Bertz CT molecular complexity index is 971. The molecule has 33 heavy (non-hydrogen) atoms. The van der Waals surface area contributed by atoms with Crippen molar-refractivity contribution in [2.75, 3.05) is 6.61 Å². The van der Waals surface area contributed by atoms with Gasteiger partial charge in [0.25, 0.3) is 0 Å². The average Bonchev–Trinajstić information content (AvgIpc) is 3.12. The van der Waals surface area contributed by atoms with Gasteiger partial charge in [-0.05, 0) is 42.6 Å². The van der Waals surface area contributed by atoms with E-state index >= 15 is 0 Å². The number of amides is 2. The summed E-state index contributed by atoms with van der Waals surface area (Å²) in [4.78, 5) is 27.9. The van der Waals surface area contributed by atoms with E-state index in [9.17, 15) is 9.59 Å². The molecule has 2 aromatic rings. The van der Waals surface area contributed by atoms with Gasteiger partial charge in [-0.15, -0.1) is 0 Å². The maximum absolute atomic E-state index is 13.9. The van der Waals surface area contributed by atoms with E-state index < -0.39 is 25.9 Å². The quantitative estimate of drug-likeness (QED) is 0.458. The number of benzene rings is 2. The third-order valence-corrected chi connectivity index (χ3v) is 11.9. The lowest BCUT2D eigenvalue weighted by molar-refractivity contribution is -0.140. The molecule has 3 atom stereocenters. The van der Waals surface area contributed by atoms with Gasteiger partial charge in [0.15, 0.2) is 8.32 Å². The van der Waals surface area contributed by atoms with Crippen molar-refractivity contribution in [3.05, 3.63) is 71.8 Å². The maximum atomic E-state index is 13.9. The number of imide groups is 1. The monoisotopic (exact) mass is 467 g/mol. The van der Waals surface area contributed by atoms with Gasteiger partial charge in [0.1, 0.15) is 6.61 Å². The molecule has 0 aromatic heterocycles. The Morgan fingerprint density at radius 1 is 1.06 bits per heavy atom. The zero-order valence-corrected chi connectivity index (χ0v) is 21.9. The molecule has 1 heterocycles. The molecule has 0 aliphatic carbocycles. The van der Waals surface area contributed by atoms with E-state index in [0.29, 0.717) is 6.42 Å². The lowest BCUT2D eigenvalue weighted by atomic mass is 9.83. The van der Waals surface area contributed by atoms with Crippen LogP contribution in [0.25, 0.3) is 0 Å². The molecule has 2 unspecified atom stereocenters. The second kappa shape index (κ2) is 9.43. The Morgan fingerprint density at radius 3 is 2.15 bits per heavy atom. The van der Waals surface area contributed by atoms with Crippen LogP contribution in [0.4, 0.5) is 4.79 Å². The van der Waals surface area contributed by atoms with E-state index in [4.69, 9.17) is 9.16 Å². The Hall–Kier alpha value is -2.44. The van der Waals surface area contributed by atoms with Gasteiger partial charge in [-0.3, -0.25) is 4.79 Å². The van der Waals surface area contributed by atoms with E-state index in [0.717, 1.165) is 11.1 Å². The first-order valence-corrected chi connectivity index (χ1v) is 14.6. The Labute approximate surface area is 199 Å². The van der Waals surface area contributed by atoms with Crippen molar-refractivity contribution in [3.63, 3.8) is 0 Å². The van der Waals surface area contributed by atoms with Crippen molar-refractivity contribution in [2.24, 2.45) is 5.92 Å². The van der Waals surface area contributed by atoms with Gasteiger partial charge in [-0.1, -0.05) is 88.4 Å². The molecule has 1 fully saturated rings. The number of ether oxygens (including phenoxy) is 1. The second-order valence-electron chi connectivity index (χ2n) is 10.7. The molecule has 6 heteroatoms. The predicted octanol–water partition coefficient (Wildman–Crippen LogP) is 6.15. The SMILES string of the molecule is C[C@H](C(=O)N1C(=O)OCC1Cc1ccccc1)C(C)(O[Si](C)(C)C(C)(C)C)c1ccccc1. The molecule has 5 nitrogen and oxygen atoms in total. The lowest BCUT2D eigenvalue weighted by Gasteiger charge is -2.47. The molecule has 1 aliphatic heterocycles. The van der Waals surface area contributed by atoms with Gasteiger partial charge in [-0.2, -0.15) is 0 Å². The molecule has 3 rings (SSSR count). The minimum Gasteiger partial charge on any atom is -0.447 e. The van der Waals surface area contributed by atoms with E-state index in [1.807, 2.05) is 74.5 Å². The van der Waals surface area contributed by atoms with Crippen LogP contribution in [-0.4, -0.2) is 37.9 Å². The van der Waals surface area contributed by atoms with Gasteiger partial charge >= 0.3 is 6.09 Å². The number of hydrogen-bond donors (Lipinski definition) is 0. The van der Waals surface area contributed by atoms with Crippen molar-refractivity contribution >= 4 is 20.3 Å². The summed E-state index contributed by atoms with van der Waals surface area (Å²) >= 11 is 0. The van der Waals surface area contributed by atoms with Gasteiger partial charge in [0, 0.05) is 0 Å². The first-order valence-electron chi connectivity index (χ1n) is 11.7. The van der Waals surface area contributed by atoms with E-state index in [-0.39, 0.29) is 23.6 Å². The van der Waals surface area contributed by atoms with Crippen molar-refractivity contribution in [1.82, 2.24) is 4.90 Å². The first kappa shape index (κ1) is 25.2. The minimum absolute atomic E-state index is 0.0335. The highest BCUT2D eigenvalue weighted by molar-refractivity contribution is 6.74. The van der Waals surface area contributed by atoms with Gasteiger partial charge in [-0.25, -0.2) is 9.69 Å². The molecular weight excluding hydrogens is 430 g/mol. The highest BCUT2D eigenvalue weighted by Crippen LogP contribution is 2.45. The highest BCUT2D eigenvalue weighted by Gasteiger charge is 2.50. The summed E-state index contributed by atoms with van der Waals surface area (Å²) in [6.07, 6.45) is -0.00794. The van der Waals surface area contributed by atoms with Crippen LogP contribution < -0.4 is 0 Å². The normalized spacial score (nSPS) is 19.7. The van der Waals surface area contributed by atoms with Crippen LogP contribution >= 0.6 is 0 Å². The third-order valence-electron chi connectivity index (χ3n) is 7.33. The Kier molecular flexibility index (Phi) is 7.20. The van der Waals surface area contributed by atoms with Crippen LogP contribution in [0.1, 0.15) is 45.7 Å². The fourth-order valence-electron chi connectivity index (χ4n) is 4.06. The van der Waals surface area contributed by atoms with Crippen LogP contribution in [0.3, 0.4) is 0 Å². The van der Waals surface area contributed by atoms with Crippen LogP contribution in [0, 0.1) is 5.92 Å². The van der Waals surface area contributed by atoms with E-state index in [2.05, 4.69) is 33.9 Å². The smallest absolute Gasteiger partial charge is 0.416 e. The van der Waals surface area contributed by atoms with Crippen LogP contribution in [0.5, 0.6) is 0 Å². The Morgan fingerprint density at radius 2 is 1.61 bits per heavy atom. The standard InChI is InChI=1S/C27H37NO4Si/c1-20(24(29)28-23(19-31-25(28)30)18-21-14-10-8-11-15-21)27(5,22-16-12-9-13-17-22)32-33(6,7)26(2,3)4/h8-17,20,23H,18-19H2,1-7H3/t20-,23?,27?/m1/s1. The van der Waals surface area contributed by atoms with Gasteiger partial charge in [0.05, 0.1) is 17.6 Å². The summed E-state index contributed by atoms with van der Waals surface area (Å²) < 4.78 is 12.3. The topological polar surface area (TPSA) is 55.8 Å². The van der Waals surface area contributed by atoms with Crippen molar-refractivity contribution in [1.29, 1.82) is 0 Å². The molecule has 178 valence electrons. The number of carbonyl (C=O) groups is 2. The molecule has 0 spiro atoms. The molecule has 0 bridgehead atoms. The lowest BCUT2D eigenvalue weighted by Crippen LogP contribution is -2.54. The van der Waals surface area contributed by atoms with Crippen molar-refractivity contribution in [3.8, 4) is 0 Å². The molecule has 2 amide bonds. The maximum Gasteiger partial charge on any atom is 0.416 e. The fourth-order valence-corrected chi connectivity index (χ4v) is 5.72. The molecule has 0 radical (unpaired) electrons. The summed E-state index contributed by atoms with van der Waals surface area (Å²) in [5, 5.41) is -0.0335. The summed E-state index contributed by atoms with van der Waals surface area (Å²) in [7, 11) is -2.25. The second-order valence-corrected chi connectivity index (χ2v) is 15.4. The number of rotatable bonds is 7. The third kappa shape index (κ3) is 5.22. The summed E-state index contributed by atoms with van der Waals surface area (Å²) in [5.74, 6) is -0.846. The van der Waals surface area contributed by atoms with E-state index in [1.54, 1.807) is 0 Å². The zero-order valence-electron chi connectivity index (χ0n) is 20.9. The fraction of sp³-hybridized carbons (Fsp3) is 0.481.